The van der Waals surface area contributed by atoms with Crippen LogP contribution in [0.25, 0.3) is 0 Å². The molecular weight excluding hydrogens is 524 g/mol. The van der Waals surface area contributed by atoms with E-state index >= 15 is 0 Å². The number of ether oxygens (including phenoxy) is 2. The molecule has 0 saturated heterocycles. The van der Waals surface area contributed by atoms with Gasteiger partial charge in [-0.1, -0.05) is 0 Å². The molecule has 0 radical (unpaired) electrons. The molecule has 1 aromatic carbocycles. The number of halogens is 3. The Morgan fingerprint density at radius 1 is 1.24 bits per heavy atom. The molecule has 16 heteroatoms. The van der Waals surface area contributed by atoms with E-state index in [1.54, 1.807) is 24.4 Å². The fourth-order valence-corrected chi connectivity index (χ4v) is 2.98. The number of nitrogen functional groups attached to an aromatic ring is 1. The number of carbonyl (C=O) groups excluding carboxylic acids is 1. The summed E-state index contributed by atoms with van der Waals surface area (Å²) in [4.78, 5) is 53.4. The monoisotopic (exact) mass is 550 g/mol. The molecule has 2 aromatic rings. The first kappa shape index (κ1) is 30.0. The maximum absolute atomic E-state index is 12.1. The Bertz CT molecular complexity index is 1170. The van der Waals surface area contributed by atoms with Gasteiger partial charge in [-0.05, 0) is 12.1 Å². The van der Waals surface area contributed by atoms with Crippen molar-refractivity contribution in [3.8, 4) is 17.6 Å². The number of nitrogens with two attached hydrogens (primary N) is 1. The number of anilines is 1. The first-order valence-corrected chi connectivity index (χ1v) is 12.4. The van der Waals surface area contributed by atoms with E-state index in [0.29, 0.717) is 17.7 Å². The van der Waals surface area contributed by atoms with Crippen molar-refractivity contribution in [2.24, 2.45) is 0 Å². The van der Waals surface area contributed by atoms with E-state index in [0.717, 1.165) is 4.57 Å². The number of benzene rings is 1. The summed E-state index contributed by atoms with van der Waals surface area (Å²) in [7, 11) is -4.69. The molecule has 204 valence electrons. The summed E-state index contributed by atoms with van der Waals surface area (Å²) in [6.07, 6.45) is -3.89. The number of hydrogen-bond acceptors (Lipinski definition) is 10. The molecule has 0 aliphatic rings. The van der Waals surface area contributed by atoms with E-state index in [9.17, 15) is 22.8 Å². The van der Waals surface area contributed by atoms with E-state index in [-0.39, 0.29) is 37.9 Å². The van der Waals surface area contributed by atoms with Gasteiger partial charge in [-0.25, -0.2) is 0 Å². The molecule has 0 spiro atoms. The summed E-state index contributed by atoms with van der Waals surface area (Å²) < 4.78 is 52.8. The van der Waals surface area contributed by atoms with Crippen LogP contribution in [-0.4, -0.2) is 62.2 Å². The van der Waals surface area contributed by atoms with Gasteiger partial charge in [0.05, 0.1) is 6.54 Å². The Balaban J connectivity index is 1.98. The standard InChI is InChI=1S/C21H26F3N4O8P/c1-2-16(12-36-37(31,32)33)35-13-28-11-15(18(25)27-20(28)30)6-3-14-4-7-17(8-5-14)34-10-9-26-19(29)21(22,23)24/h4-5,7-8,11,16,31-33,37H,2,9-10,12-13H2,1H3,(H,26,29)(H2,25,27,30). The molecule has 1 amide bonds. The van der Waals surface area contributed by atoms with Crippen molar-refractivity contribution in [2.45, 2.75) is 32.4 Å². The minimum atomic E-state index is -4.96. The molecule has 6 N–H and O–H groups in total. The van der Waals surface area contributed by atoms with Crippen molar-refractivity contribution in [3.05, 3.63) is 52.1 Å². The predicted octanol–water partition coefficient (Wildman–Crippen LogP) is 0.439. The molecule has 0 aliphatic heterocycles. The first-order valence-electron chi connectivity index (χ1n) is 10.7. The Kier molecular flexibility index (Phi) is 10.8. The summed E-state index contributed by atoms with van der Waals surface area (Å²) in [5, 5.41) is 1.69. The predicted molar refractivity (Wildman–Crippen MR) is 126 cm³/mol. The fourth-order valence-electron chi connectivity index (χ4n) is 2.58. The molecule has 1 aromatic heterocycles. The van der Waals surface area contributed by atoms with Gasteiger partial charge < -0.3 is 10.1 Å². The third-order valence-corrected chi connectivity index (χ3v) is 5.05. The topological polar surface area (TPSA) is 178 Å². The summed E-state index contributed by atoms with van der Waals surface area (Å²) in [5.41, 5.74) is 5.83. The zero-order valence-corrected chi connectivity index (χ0v) is 20.5. The van der Waals surface area contributed by atoms with Gasteiger partial charge in [-0.15, -0.1) is 0 Å². The number of rotatable bonds is 11. The average molecular weight is 550 g/mol. The Hall–Kier alpha value is -3.25. The van der Waals surface area contributed by atoms with Crippen molar-refractivity contribution >= 4 is 19.9 Å². The van der Waals surface area contributed by atoms with Crippen molar-refractivity contribution in [1.29, 1.82) is 0 Å². The van der Waals surface area contributed by atoms with Gasteiger partial charge in [-0.3, -0.25) is 4.79 Å². The van der Waals surface area contributed by atoms with Gasteiger partial charge in [0, 0.05) is 0 Å². The van der Waals surface area contributed by atoms with Crippen LogP contribution in [0.1, 0.15) is 24.5 Å². The molecule has 2 rings (SSSR count). The van der Waals surface area contributed by atoms with Crippen molar-refractivity contribution in [1.82, 2.24) is 14.9 Å². The van der Waals surface area contributed by atoms with Crippen LogP contribution < -0.4 is 21.5 Å². The van der Waals surface area contributed by atoms with E-state index < -0.39 is 32.0 Å². The second kappa shape index (κ2) is 13.3. The fraction of sp³-hybridized carbons (Fsp3) is 0.381. The van der Waals surface area contributed by atoms with Gasteiger partial charge in [0.25, 0.3) is 0 Å². The van der Waals surface area contributed by atoms with Crippen LogP contribution in [0.4, 0.5) is 19.0 Å². The molecule has 1 unspecified atom stereocenters. The number of nitrogens with zero attached hydrogens (tertiary/aromatic N) is 2. The maximum atomic E-state index is 12.1. The Labute approximate surface area is 209 Å². The molecule has 0 fully saturated rings. The second-order valence-corrected chi connectivity index (χ2v) is 8.82. The number of carbonyl (C=O) groups is 1. The molecular formula is C21H26F3N4O8P. The number of alkyl halides is 3. The van der Waals surface area contributed by atoms with Gasteiger partial charge in [0.1, 0.15) is 12.4 Å². The second-order valence-electron chi connectivity index (χ2n) is 7.38. The Morgan fingerprint density at radius 2 is 1.92 bits per heavy atom. The van der Waals surface area contributed by atoms with E-state index in [2.05, 4.69) is 21.3 Å². The zero-order valence-electron chi connectivity index (χ0n) is 19.5. The van der Waals surface area contributed by atoms with Crippen LogP contribution in [0.15, 0.2) is 35.3 Å². The average Bonchev–Trinajstić information content (AvgIpc) is 2.81. The van der Waals surface area contributed by atoms with Gasteiger partial charge in [0.2, 0.25) is 0 Å². The molecule has 1 heterocycles. The minimum absolute atomic E-state index is 0.110. The summed E-state index contributed by atoms with van der Waals surface area (Å²) in [5.74, 6) is 3.79. The SMILES string of the molecule is CCC(CO[PH](O)(O)O)OCn1cc(C#Cc2ccc(OCCNC(=O)C(F)(F)F)cc2)c(N)nc1=O. The van der Waals surface area contributed by atoms with Crippen molar-refractivity contribution < 1.29 is 46.6 Å². The van der Waals surface area contributed by atoms with Crippen LogP contribution in [0.5, 0.6) is 5.75 Å². The van der Waals surface area contributed by atoms with Gasteiger partial charge in [-0.2, -0.15) is 13.2 Å². The molecule has 12 nitrogen and oxygen atoms in total. The Morgan fingerprint density at radius 3 is 2.51 bits per heavy atom. The van der Waals surface area contributed by atoms with Crippen LogP contribution in [0, 0.1) is 11.8 Å². The van der Waals surface area contributed by atoms with Crippen LogP contribution in [-0.2, 0) is 20.8 Å². The molecule has 37 heavy (non-hydrogen) atoms. The number of amides is 1. The van der Waals surface area contributed by atoms with Crippen LogP contribution >= 0.6 is 8.17 Å². The number of aromatic nitrogens is 2. The number of nitrogens with one attached hydrogen (secondary N) is 1. The number of hydrogen-bond donors (Lipinski definition) is 5. The van der Waals surface area contributed by atoms with E-state index in [1.807, 2.05) is 0 Å². The van der Waals surface area contributed by atoms with Crippen molar-refractivity contribution in [2.75, 3.05) is 25.5 Å². The molecule has 0 aliphatic carbocycles. The molecule has 1 atom stereocenters. The zero-order chi connectivity index (χ0) is 27.6. The van der Waals surface area contributed by atoms with E-state index in [4.69, 9.17) is 29.9 Å². The van der Waals surface area contributed by atoms with Crippen LogP contribution in [0.2, 0.25) is 0 Å². The quantitative estimate of drug-likeness (QED) is 0.150. The first-order chi connectivity index (χ1) is 17.3. The van der Waals surface area contributed by atoms with E-state index in [1.165, 1.54) is 18.3 Å². The molecule has 0 bridgehead atoms. The van der Waals surface area contributed by atoms with Gasteiger partial charge >= 0.3 is 150 Å². The van der Waals surface area contributed by atoms with Gasteiger partial charge in [0.15, 0.2) is 0 Å². The third-order valence-electron chi connectivity index (χ3n) is 4.50. The third kappa shape index (κ3) is 10.7. The molecule has 0 saturated carbocycles. The van der Waals surface area contributed by atoms with Crippen LogP contribution in [0.3, 0.4) is 0 Å². The summed E-state index contributed by atoms with van der Waals surface area (Å²) in [6, 6.07) is 6.22. The summed E-state index contributed by atoms with van der Waals surface area (Å²) in [6.45, 7) is 0.649. The normalized spacial score (nSPS) is 12.8. The van der Waals surface area contributed by atoms with Crippen molar-refractivity contribution in [3.63, 3.8) is 0 Å². The summed E-state index contributed by atoms with van der Waals surface area (Å²) >= 11 is 0.